The van der Waals surface area contributed by atoms with E-state index in [9.17, 15) is 4.79 Å². The summed E-state index contributed by atoms with van der Waals surface area (Å²) in [4.78, 5) is 11.0. The Morgan fingerprint density at radius 2 is 1.79 bits per heavy atom. The molecule has 0 fully saturated rings. The van der Waals surface area contributed by atoms with Crippen molar-refractivity contribution >= 4 is 34.3 Å². The van der Waals surface area contributed by atoms with Crippen molar-refractivity contribution in [3.63, 3.8) is 0 Å². The van der Waals surface area contributed by atoms with Crippen LogP contribution in [0.15, 0.2) is 59.0 Å². The van der Waals surface area contributed by atoms with Gasteiger partial charge >= 0.3 is 0 Å². The van der Waals surface area contributed by atoms with Gasteiger partial charge < -0.3 is 9.73 Å². The standard InChI is InChI=1S/C18H14ClN3O2/c1-12(23)20-15-9-7-13(8-10-15)11-16(19)18-22-21-17(24-18)14-5-3-2-4-6-14/h2-11H,1H3,(H,20,23)/b16-11-. The number of halogens is 1. The van der Waals surface area contributed by atoms with Gasteiger partial charge in [0.1, 0.15) is 5.03 Å². The Hall–Kier alpha value is -2.92. The Balaban J connectivity index is 1.79. The van der Waals surface area contributed by atoms with E-state index >= 15 is 0 Å². The molecule has 0 saturated heterocycles. The molecule has 3 aromatic rings. The van der Waals surface area contributed by atoms with Crippen molar-refractivity contribution in [3.8, 4) is 11.5 Å². The zero-order valence-electron chi connectivity index (χ0n) is 12.9. The molecule has 2 aromatic carbocycles. The smallest absolute Gasteiger partial charge is 0.259 e. The number of nitrogens with one attached hydrogen (secondary N) is 1. The molecule has 5 nitrogen and oxygen atoms in total. The predicted octanol–water partition coefficient (Wildman–Crippen LogP) is 4.43. The third kappa shape index (κ3) is 3.88. The molecule has 0 atom stereocenters. The van der Waals surface area contributed by atoms with Gasteiger partial charge in [-0.3, -0.25) is 4.79 Å². The SMILES string of the molecule is CC(=O)Nc1ccc(/C=C(\Cl)c2nnc(-c3ccccc3)o2)cc1. The molecule has 24 heavy (non-hydrogen) atoms. The van der Waals surface area contributed by atoms with Gasteiger partial charge in [0, 0.05) is 18.2 Å². The highest BCUT2D eigenvalue weighted by atomic mass is 35.5. The quantitative estimate of drug-likeness (QED) is 0.763. The van der Waals surface area contributed by atoms with Gasteiger partial charge in [0.05, 0.1) is 0 Å². The molecule has 1 amide bonds. The average molecular weight is 340 g/mol. The molecule has 0 radical (unpaired) electrons. The zero-order valence-corrected chi connectivity index (χ0v) is 13.6. The Labute approximate surface area is 144 Å². The predicted molar refractivity (Wildman–Crippen MR) is 94.2 cm³/mol. The number of rotatable bonds is 4. The number of aromatic nitrogens is 2. The lowest BCUT2D eigenvalue weighted by Gasteiger charge is -2.02. The summed E-state index contributed by atoms with van der Waals surface area (Å²) in [6, 6.07) is 16.7. The lowest BCUT2D eigenvalue weighted by molar-refractivity contribution is -0.114. The maximum Gasteiger partial charge on any atom is 0.259 e. The Kier molecular flexibility index (Phi) is 4.72. The number of benzene rings is 2. The molecule has 0 unspecified atom stereocenters. The van der Waals surface area contributed by atoms with Crippen molar-refractivity contribution in [2.45, 2.75) is 6.92 Å². The Bertz CT molecular complexity index is 871. The van der Waals surface area contributed by atoms with Crippen LogP contribution in [-0.4, -0.2) is 16.1 Å². The van der Waals surface area contributed by atoms with Crippen LogP contribution in [0, 0.1) is 0 Å². The van der Waals surface area contributed by atoms with Gasteiger partial charge in [0.25, 0.3) is 5.89 Å². The second kappa shape index (κ2) is 7.10. The largest absolute Gasteiger partial charge is 0.415 e. The fraction of sp³-hybridized carbons (Fsp3) is 0.0556. The van der Waals surface area contributed by atoms with Crippen LogP contribution in [-0.2, 0) is 4.79 Å². The number of nitrogens with zero attached hydrogens (tertiary/aromatic N) is 2. The molecule has 1 aromatic heterocycles. The first-order valence-corrected chi connectivity index (χ1v) is 7.64. The van der Waals surface area contributed by atoms with Crippen molar-refractivity contribution in [2.24, 2.45) is 0 Å². The van der Waals surface area contributed by atoms with Crippen LogP contribution in [0.4, 0.5) is 5.69 Å². The second-order valence-corrected chi connectivity index (χ2v) is 5.48. The van der Waals surface area contributed by atoms with E-state index in [2.05, 4.69) is 15.5 Å². The number of carbonyl (C=O) groups is 1. The molecular formula is C18H14ClN3O2. The average Bonchev–Trinajstić information content (AvgIpc) is 3.07. The number of carbonyl (C=O) groups excluding carboxylic acids is 1. The summed E-state index contributed by atoms with van der Waals surface area (Å²) >= 11 is 6.26. The van der Waals surface area contributed by atoms with E-state index in [-0.39, 0.29) is 11.8 Å². The van der Waals surface area contributed by atoms with Crippen molar-refractivity contribution < 1.29 is 9.21 Å². The summed E-state index contributed by atoms with van der Waals surface area (Å²) in [7, 11) is 0. The summed E-state index contributed by atoms with van der Waals surface area (Å²) in [5, 5.41) is 11.0. The number of hydrogen-bond acceptors (Lipinski definition) is 4. The Morgan fingerprint density at radius 3 is 2.46 bits per heavy atom. The molecule has 1 N–H and O–H groups in total. The van der Waals surface area contributed by atoms with E-state index < -0.39 is 0 Å². The fourth-order valence-corrected chi connectivity index (χ4v) is 2.29. The number of anilines is 1. The normalized spacial score (nSPS) is 11.3. The van der Waals surface area contributed by atoms with E-state index in [1.54, 1.807) is 18.2 Å². The first-order valence-electron chi connectivity index (χ1n) is 7.26. The van der Waals surface area contributed by atoms with Crippen molar-refractivity contribution in [2.75, 3.05) is 5.32 Å². The molecule has 0 spiro atoms. The molecular weight excluding hydrogens is 326 g/mol. The van der Waals surface area contributed by atoms with Gasteiger partial charge in [0.2, 0.25) is 11.8 Å². The summed E-state index contributed by atoms with van der Waals surface area (Å²) in [5.41, 5.74) is 2.41. The lowest BCUT2D eigenvalue weighted by Crippen LogP contribution is -2.05. The third-order valence-electron chi connectivity index (χ3n) is 3.17. The minimum atomic E-state index is -0.115. The van der Waals surface area contributed by atoms with Crippen LogP contribution in [0.5, 0.6) is 0 Å². The highest BCUT2D eigenvalue weighted by Crippen LogP contribution is 2.25. The van der Waals surface area contributed by atoms with E-state index in [0.717, 1.165) is 16.8 Å². The minimum Gasteiger partial charge on any atom is -0.415 e. The maximum atomic E-state index is 11.0. The summed E-state index contributed by atoms with van der Waals surface area (Å²) in [5.74, 6) is 0.551. The summed E-state index contributed by atoms with van der Waals surface area (Å²) < 4.78 is 5.60. The minimum absolute atomic E-state index is 0.115. The van der Waals surface area contributed by atoms with E-state index in [1.165, 1.54) is 6.92 Å². The van der Waals surface area contributed by atoms with Gasteiger partial charge in [0.15, 0.2) is 0 Å². The van der Waals surface area contributed by atoms with E-state index in [1.807, 2.05) is 42.5 Å². The van der Waals surface area contributed by atoms with Crippen LogP contribution in [0.2, 0.25) is 0 Å². The topological polar surface area (TPSA) is 68.0 Å². The molecule has 1 heterocycles. The molecule has 0 aliphatic heterocycles. The molecule has 0 aliphatic carbocycles. The Morgan fingerprint density at radius 1 is 1.08 bits per heavy atom. The van der Waals surface area contributed by atoms with Crippen LogP contribution in [0.25, 0.3) is 22.6 Å². The fourth-order valence-electron chi connectivity index (χ4n) is 2.09. The molecule has 0 aliphatic rings. The van der Waals surface area contributed by atoms with Crippen LogP contribution in [0.1, 0.15) is 18.4 Å². The highest BCUT2D eigenvalue weighted by molar-refractivity contribution is 6.50. The van der Waals surface area contributed by atoms with Gasteiger partial charge in [-0.15, -0.1) is 10.2 Å². The molecule has 120 valence electrons. The lowest BCUT2D eigenvalue weighted by atomic mass is 10.2. The molecule has 0 bridgehead atoms. The number of hydrogen-bond donors (Lipinski definition) is 1. The van der Waals surface area contributed by atoms with Crippen LogP contribution < -0.4 is 5.32 Å². The van der Waals surface area contributed by atoms with Crippen LogP contribution >= 0.6 is 11.6 Å². The maximum absolute atomic E-state index is 11.0. The highest BCUT2D eigenvalue weighted by Gasteiger charge is 2.11. The molecule has 3 rings (SSSR count). The van der Waals surface area contributed by atoms with Crippen LogP contribution in [0.3, 0.4) is 0 Å². The van der Waals surface area contributed by atoms with E-state index in [4.69, 9.17) is 16.0 Å². The van der Waals surface area contributed by atoms with Crippen molar-refractivity contribution in [1.29, 1.82) is 0 Å². The number of amides is 1. The second-order valence-electron chi connectivity index (χ2n) is 5.07. The summed E-state index contributed by atoms with van der Waals surface area (Å²) in [6.45, 7) is 1.46. The van der Waals surface area contributed by atoms with Crippen molar-refractivity contribution in [3.05, 3.63) is 66.1 Å². The zero-order chi connectivity index (χ0) is 16.9. The first kappa shape index (κ1) is 16.0. The monoisotopic (exact) mass is 339 g/mol. The first-order chi connectivity index (χ1) is 11.6. The van der Waals surface area contributed by atoms with Gasteiger partial charge in [-0.25, -0.2) is 0 Å². The third-order valence-corrected chi connectivity index (χ3v) is 3.45. The van der Waals surface area contributed by atoms with Gasteiger partial charge in [-0.1, -0.05) is 41.9 Å². The van der Waals surface area contributed by atoms with Crippen molar-refractivity contribution in [1.82, 2.24) is 10.2 Å². The van der Waals surface area contributed by atoms with Gasteiger partial charge in [-0.2, -0.15) is 0 Å². The molecule has 0 saturated carbocycles. The summed E-state index contributed by atoms with van der Waals surface area (Å²) in [6.07, 6.45) is 1.72. The molecule has 6 heteroatoms. The van der Waals surface area contributed by atoms with E-state index in [0.29, 0.717) is 10.9 Å². The van der Waals surface area contributed by atoms with Gasteiger partial charge in [-0.05, 0) is 35.9 Å².